The van der Waals surface area contributed by atoms with Gasteiger partial charge in [-0.15, -0.1) is 10.2 Å². The fourth-order valence-electron chi connectivity index (χ4n) is 1.71. The summed E-state index contributed by atoms with van der Waals surface area (Å²) < 4.78 is 11.0. The Balaban J connectivity index is 2.02. The summed E-state index contributed by atoms with van der Waals surface area (Å²) in [5.41, 5.74) is 2.39. The summed E-state index contributed by atoms with van der Waals surface area (Å²) in [6.07, 6.45) is 3.13. The zero-order valence-corrected chi connectivity index (χ0v) is 14.1. The van der Waals surface area contributed by atoms with Crippen molar-refractivity contribution >= 4 is 28.5 Å². The Kier molecular flexibility index (Phi) is 6.10. The number of nitrogens with zero attached hydrogens (tertiary/aromatic N) is 2. The van der Waals surface area contributed by atoms with Crippen molar-refractivity contribution in [3.8, 4) is 11.5 Å². The summed E-state index contributed by atoms with van der Waals surface area (Å²) >= 11 is 1.26. The number of anilines is 1. The Morgan fingerprint density at radius 1 is 1.39 bits per heavy atom. The Bertz CT molecular complexity index is 669. The van der Waals surface area contributed by atoms with E-state index in [4.69, 9.17) is 9.47 Å². The largest absolute Gasteiger partial charge is 0.493 e. The van der Waals surface area contributed by atoms with Crippen LogP contribution in [0.3, 0.4) is 0 Å². The van der Waals surface area contributed by atoms with Gasteiger partial charge in [0.2, 0.25) is 11.0 Å². The van der Waals surface area contributed by atoms with Gasteiger partial charge in [-0.1, -0.05) is 31.3 Å². The number of benzene rings is 1. The average Bonchev–Trinajstić information content (AvgIpc) is 3.04. The van der Waals surface area contributed by atoms with E-state index in [0.717, 1.165) is 5.56 Å². The van der Waals surface area contributed by atoms with Crippen LogP contribution in [0.1, 0.15) is 19.4 Å². The average molecular weight is 333 g/mol. The summed E-state index contributed by atoms with van der Waals surface area (Å²) in [6.45, 7) is 4.79. The predicted molar refractivity (Wildman–Crippen MR) is 90.9 cm³/mol. The third kappa shape index (κ3) is 5.37. The van der Waals surface area contributed by atoms with Crippen LogP contribution >= 0.6 is 11.3 Å². The monoisotopic (exact) mass is 333 g/mol. The number of hydrogen-bond acceptors (Lipinski definition) is 6. The summed E-state index contributed by atoms with van der Waals surface area (Å²) in [6, 6.07) is 5.53. The van der Waals surface area contributed by atoms with E-state index in [9.17, 15) is 4.79 Å². The molecule has 1 aromatic heterocycles. The highest BCUT2D eigenvalue weighted by Gasteiger charge is 2.06. The molecule has 0 aliphatic carbocycles. The molecule has 122 valence electrons. The van der Waals surface area contributed by atoms with Gasteiger partial charge in [0.1, 0.15) is 5.51 Å². The lowest BCUT2D eigenvalue weighted by Crippen LogP contribution is -2.07. The second kappa shape index (κ2) is 8.28. The lowest BCUT2D eigenvalue weighted by molar-refractivity contribution is -0.111. The number of carbonyl (C=O) groups excluding carboxylic acids is 1. The molecule has 0 saturated carbocycles. The molecule has 0 bridgehead atoms. The smallest absolute Gasteiger partial charge is 0.250 e. The minimum Gasteiger partial charge on any atom is -0.493 e. The molecule has 2 rings (SSSR count). The van der Waals surface area contributed by atoms with Crippen molar-refractivity contribution < 1.29 is 14.3 Å². The van der Waals surface area contributed by atoms with Gasteiger partial charge in [0, 0.05) is 6.08 Å². The van der Waals surface area contributed by atoms with Gasteiger partial charge in [-0.25, -0.2) is 0 Å². The Hall–Kier alpha value is -2.41. The quantitative estimate of drug-likeness (QED) is 0.788. The first-order chi connectivity index (χ1) is 11.1. The van der Waals surface area contributed by atoms with Crippen LogP contribution in [0.5, 0.6) is 11.5 Å². The van der Waals surface area contributed by atoms with Crippen LogP contribution < -0.4 is 14.8 Å². The molecule has 0 unspecified atom stereocenters. The van der Waals surface area contributed by atoms with Crippen molar-refractivity contribution in [3.05, 3.63) is 35.3 Å². The zero-order chi connectivity index (χ0) is 16.7. The van der Waals surface area contributed by atoms with Crippen LogP contribution in [-0.4, -0.2) is 29.8 Å². The van der Waals surface area contributed by atoms with Gasteiger partial charge in [-0.2, -0.15) is 0 Å². The first-order valence-corrected chi connectivity index (χ1v) is 8.02. The molecular formula is C16H19N3O3S. The third-order valence-corrected chi connectivity index (χ3v) is 3.38. The van der Waals surface area contributed by atoms with Crippen LogP contribution in [-0.2, 0) is 4.79 Å². The lowest BCUT2D eigenvalue weighted by atomic mass is 10.2. The molecule has 0 fully saturated rings. The molecule has 6 nitrogen and oxygen atoms in total. The standard InChI is InChI=1S/C16H19N3O3S/c1-11(2)9-22-13-6-4-12(8-14(13)21-3)5-7-15(20)18-16-19-17-10-23-16/h4-8,10-11H,9H2,1-3H3,(H,18,19,20). The Morgan fingerprint density at radius 3 is 2.87 bits per heavy atom. The molecule has 0 spiro atoms. The van der Waals surface area contributed by atoms with E-state index in [2.05, 4.69) is 29.4 Å². The van der Waals surface area contributed by atoms with Crippen LogP contribution in [0, 0.1) is 5.92 Å². The summed E-state index contributed by atoms with van der Waals surface area (Å²) in [5.74, 6) is 1.50. The van der Waals surface area contributed by atoms with E-state index in [0.29, 0.717) is 29.2 Å². The highest BCUT2D eigenvalue weighted by atomic mass is 32.1. The van der Waals surface area contributed by atoms with Gasteiger partial charge in [0.15, 0.2) is 11.5 Å². The number of rotatable bonds is 7. The lowest BCUT2D eigenvalue weighted by Gasteiger charge is -2.12. The highest BCUT2D eigenvalue weighted by Crippen LogP contribution is 2.29. The second-order valence-corrected chi connectivity index (χ2v) is 6.01. The molecule has 1 amide bonds. The van der Waals surface area contributed by atoms with E-state index in [-0.39, 0.29) is 5.91 Å². The second-order valence-electron chi connectivity index (χ2n) is 5.18. The maximum absolute atomic E-state index is 11.8. The van der Waals surface area contributed by atoms with Gasteiger partial charge in [-0.05, 0) is 29.7 Å². The molecule has 7 heteroatoms. The molecule has 1 heterocycles. The molecule has 1 aromatic carbocycles. The summed E-state index contributed by atoms with van der Waals surface area (Å²) in [5, 5.41) is 10.5. The Labute approximate surface area is 139 Å². The van der Waals surface area contributed by atoms with Crippen LogP contribution in [0.25, 0.3) is 6.08 Å². The van der Waals surface area contributed by atoms with E-state index in [1.807, 2.05) is 18.2 Å². The minimum atomic E-state index is -0.263. The van der Waals surface area contributed by atoms with Crippen LogP contribution in [0.4, 0.5) is 5.13 Å². The topological polar surface area (TPSA) is 73.3 Å². The van der Waals surface area contributed by atoms with Crippen molar-refractivity contribution in [1.29, 1.82) is 0 Å². The molecule has 23 heavy (non-hydrogen) atoms. The summed E-state index contributed by atoms with van der Waals surface area (Å²) in [7, 11) is 1.59. The molecular weight excluding hydrogens is 314 g/mol. The van der Waals surface area contributed by atoms with E-state index in [1.54, 1.807) is 18.7 Å². The SMILES string of the molecule is COc1cc(C=CC(=O)Nc2nncs2)ccc1OCC(C)C. The fourth-order valence-corrected chi connectivity index (χ4v) is 2.16. The number of carbonyl (C=O) groups is 1. The molecule has 1 N–H and O–H groups in total. The normalized spacial score (nSPS) is 11.0. The predicted octanol–water partition coefficient (Wildman–Crippen LogP) is 3.23. The number of nitrogens with one attached hydrogen (secondary N) is 1. The van der Waals surface area contributed by atoms with Gasteiger partial charge >= 0.3 is 0 Å². The van der Waals surface area contributed by atoms with Crippen LogP contribution in [0.15, 0.2) is 29.8 Å². The van der Waals surface area contributed by atoms with E-state index in [1.165, 1.54) is 17.4 Å². The van der Waals surface area contributed by atoms with E-state index >= 15 is 0 Å². The number of methoxy groups -OCH3 is 1. The van der Waals surface area contributed by atoms with Crippen molar-refractivity contribution in [1.82, 2.24) is 10.2 Å². The van der Waals surface area contributed by atoms with E-state index < -0.39 is 0 Å². The number of hydrogen-bond donors (Lipinski definition) is 1. The number of ether oxygens (including phenoxy) is 2. The van der Waals surface area contributed by atoms with Gasteiger partial charge in [0.25, 0.3) is 0 Å². The highest BCUT2D eigenvalue weighted by molar-refractivity contribution is 7.13. The summed E-state index contributed by atoms with van der Waals surface area (Å²) in [4.78, 5) is 11.8. The fraction of sp³-hybridized carbons (Fsp3) is 0.312. The molecule has 2 aromatic rings. The van der Waals surface area contributed by atoms with Gasteiger partial charge in [0.05, 0.1) is 13.7 Å². The minimum absolute atomic E-state index is 0.263. The number of aromatic nitrogens is 2. The Morgan fingerprint density at radius 2 is 2.22 bits per heavy atom. The number of amides is 1. The van der Waals surface area contributed by atoms with Crippen molar-refractivity contribution in [2.75, 3.05) is 19.0 Å². The molecule has 0 aliphatic rings. The van der Waals surface area contributed by atoms with Gasteiger partial charge < -0.3 is 9.47 Å². The van der Waals surface area contributed by atoms with Crippen molar-refractivity contribution in [3.63, 3.8) is 0 Å². The molecule has 0 saturated heterocycles. The maximum atomic E-state index is 11.8. The van der Waals surface area contributed by atoms with Crippen molar-refractivity contribution in [2.45, 2.75) is 13.8 Å². The van der Waals surface area contributed by atoms with Gasteiger partial charge in [-0.3, -0.25) is 10.1 Å². The zero-order valence-electron chi connectivity index (χ0n) is 13.3. The first kappa shape index (κ1) is 17.0. The molecule has 0 atom stereocenters. The maximum Gasteiger partial charge on any atom is 0.250 e. The molecule has 0 aliphatic heterocycles. The van der Waals surface area contributed by atoms with Crippen molar-refractivity contribution in [2.24, 2.45) is 5.92 Å². The van der Waals surface area contributed by atoms with Crippen LogP contribution in [0.2, 0.25) is 0 Å². The third-order valence-electron chi connectivity index (χ3n) is 2.78. The first-order valence-electron chi connectivity index (χ1n) is 7.14. The molecule has 0 radical (unpaired) electrons.